The highest BCUT2D eigenvalue weighted by atomic mass is 15.1. The summed E-state index contributed by atoms with van der Waals surface area (Å²) in [6.45, 7) is 10.6. The van der Waals surface area contributed by atoms with E-state index >= 15 is 0 Å². The van der Waals surface area contributed by atoms with Crippen LogP contribution >= 0.6 is 0 Å². The molecule has 1 saturated heterocycles. The standard InChI is InChI=1S/C12H23N/c1-4-6-9-13-10-7-8-12(3,5-2)11-13/h4,6H,5,7-11H2,1-3H3/b6-4+. The van der Waals surface area contributed by atoms with Gasteiger partial charge in [0.05, 0.1) is 0 Å². The van der Waals surface area contributed by atoms with Crippen molar-refractivity contribution in [2.24, 2.45) is 5.41 Å². The molecule has 13 heavy (non-hydrogen) atoms. The Hall–Kier alpha value is -0.300. The molecule has 0 aliphatic carbocycles. The lowest BCUT2D eigenvalue weighted by molar-refractivity contribution is 0.109. The number of piperidine rings is 1. The molecule has 1 heteroatoms. The lowest BCUT2D eigenvalue weighted by Crippen LogP contribution is -2.41. The third-order valence-electron chi connectivity index (χ3n) is 3.31. The smallest absolute Gasteiger partial charge is 0.0163 e. The van der Waals surface area contributed by atoms with Gasteiger partial charge in [-0.3, -0.25) is 4.90 Å². The fourth-order valence-corrected chi connectivity index (χ4v) is 2.13. The third-order valence-corrected chi connectivity index (χ3v) is 3.31. The van der Waals surface area contributed by atoms with E-state index < -0.39 is 0 Å². The monoisotopic (exact) mass is 181 g/mol. The molecule has 76 valence electrons. The molecule has 0 aromatic carbocycles. The normalized spacial score (nSPS) is 31.3. The van der Waals surface area contributed by atoms with E-state index in [2.05, 4.69) is 37.8 Å². The first-order chi connectivity index (χ1) is 6.20. The lowest BCUT2D eigenvalue weighted by Gasteiger charge is -2.39. The van der Waals surface area contributed by atoms with E-state index in [-0.39, 0.29) is 0 Å². The maximum Gasteiger partial charge on any atom is 0.0163 e. The van der Waals surface area contributed by atoms with Crippen LogP contribution in [-0.2, 0) is 0 Å². The molecule has 0 radical (unpaired) electrons. The van der Waals surface area contributed by atoms with Gasteiger partial charge in [-0.2, -0.15) is 0 Å². The topological polar surface area (TPSA) is 3.24 Å². The van der Waals surface area contributed by atoms with Crippen LogP contribution in [0.2, 0.25) is 0 Å². The minimum atomic E-state index is 0.583. The molecule has 1 rings (SSSR count). The molecular weight excluding hydrogens is 158 g/mol. The van der Waals surface area contributed by atoms with Crippen LogP contribution in [0, 0.1) is 5.41 Å². The van der Waals surface area contributed by atoms with Crippen LogP contribution in [0.25, 0.3) is 0 Å². The predicted molar refractivity (Wildman–Crippen MR) is 58.9 cm³/mol. The molecule has 0 aromatic rings. The van der Waals surface area contributed by atoms with Crippen LogP contribution in [0.4, 0.5) is 0 Å². The molecule has 0 spiro atoms. The van der Waals surface area contributed by atoms with Crippen LogP contribution < -0.4 is 0 Å². The van der Waals surface area contributed by atoms with Gasteiger partial charge in [0.2, 0.25) is 0 Å². The second kappa shape index (κ2) is 4.80. The summed E-state index contributed by atoms with van der Waals surface area (Å²) in [4.78, 5) is 2.58. The van der Waals surface area contributed by atoms with E-state index in [1.54, 1.807) is 0 Å². The van der Waals surface area contributed by atoms with Crippen molar-refractivity contribution in [3.63, 3.8) is 0 Å². The molecule has 1 nitrogen and oxygen atoms in total. The summed E-state index contributed by atoms with van der Waals surface area (Å²) >= 11 is 0. The fourth-order valence-electron chi connectivity index (χ4n) is 2.13. The van der Waals surface area contributed by atoms with Crippen LogP contribution in [-0.4, -0.2) is 24.5 Å². The fraction of sp³-hybridized carbons (Fsp3) is 0.833. The average molecular weight is 181 g/mol. The van der Waals surface area contributed by atoms with E-state index in [4.69, 9.17) is 0 Å². The van der Waals surface area contributed by atoms with Gasteiger partial charge in [0.25, 0.3) is 0 Å². The van der Waals surface area contributed by atoms with Gasteiger partial charge >= 0.3 is 0 Å². The third kappa shape index (κ3) is 3.15. The highest BCUT2D eigenvalue weighted by molar-refractivity contribution is 4.87. The Morgan fingerprint density at radius 1 is 1.46 bits per heavy atom. The van der Waals surface area contributed by atoms with E-state index in [9.17, 15) is 0 Å². The SMILES string of the molecule is C/C=C/CN1CCCC(C)(CC)C1. The largest absolute Gasteiger partial charge is 0.299 e. The minimum Gasteiger partial charge on any atom is -0.299 e. The van der Waals surface area contributed by atoms with Gasteiger partial charge < -0.3 is 0 Å². The van der Waals surface area contributed by atoms with Gasteiger partial charge in [0, 0.05) is 13.1 Å². The van der Waals surface area contributed by atoms with Crippen LogP contribution in [0.1, 0.15) is 40.0 Å². The molecule has 1 fully saturated rings. The summed E-state index contributed by atoms with van der Waals surface area (Å²) < 4.78 is 0. The predicted octanol–water partition coefficient (Wildman–Crippen LogP) is 3.07. The van der Waals surface area contributed by atoms with Crippen LogP contribution in [0.15, 0.2) is 12.2 Å². The Bertz CT molecular complexity index is 174. The summed E-state index contributed by atoms with van der Waals surface area (Å²) in [6, 6.07) is 0. The van der Waals surface area contributed by atoms with Crippen molar-refractivity contribution in [1.29, 1.82) is 0 Å². The number of hydrogen-bond donors (Lipinski definition) is 0. The maximum atomic E-state index is 2.58. The minimum absolute atomic E-state index is 0.583. The molecule has 1 aliphatic rings. The van der Waals surface area contributed by atoms with Crippen molar-refractivity contribution in [2.75, 3.05) is 19.6 Å². The van der Waals surface area contributed by atoms with Gasteiger partial charge in [-0.15, -0.1) is 0 Å². The summed E-state index contributed by atoms with van der Waals surface area (Å²) in [6.07, 6.45) is 8.52. The Balaban J connectivity index is 2.41. The first-order valence-electron chi connectivity index (χ1n) is 5.54. The zero-order valence-corrected chi connectivity index (χ0v) is 9.34. The molecule has 0 N–H and O–H groups in total. The first-order valence-corrected chi connectivity index (χ1v) is 5.54. The quantitative estimate of drug-likeness (QED) is 0.605. The Kier molecular flexibility index (Phi) is 3.98. The summed E-state index contributed by atoms with van der Waals surface area (Å²) in [5.74, 6) is 0. The molecule has 0 bridgehead atoms. The summed E-state index contributed by atoms with van der Waals surface area (Å²) in [7, 11) is 0. The summed E-state index contributed by atoms with van der Waals surface area (Å²) in [5.41, 5.74) is 0.583. The average Bonchev–Trinajstić information content (AvgIpc) is 2.15. The maximum absolute atomic E-state index is 2.58. The number of hydrogen-bond acceptors (Lipinski definition) is 1. The molecule has 0 saturated carbocycles. The van der Waals surface area contributed by atoms with Gasteiger partial charge in [0.15, 0.2) is 0 Å². The Morgan fingerprint density at radius 3 is 2.85 bits per heavy atom. The van der Waals surface area contributed by atoms with E-state index in [0.717, 1.165) is 6.54 Å². The lowest BCUT2D eigenvalue weighted by atomic mass is 9.80. The molecule has 0 amide bonds. The van der Waals surface area contributed by atoms with Crippen molar-refractivity contribution >= 4 is 0 Å². The molecular formula is C12H23N. The highest BCUT2D eigenvalue weighted by Crippen LogP contribution is 2.32. The number of likely N-dealkylation sites (tertiary alicyclic amines) is 1. The van der Waals surface area contributed by atoms with Gasteiger partial charge in [-0.25, -0.2) is 0 Å². The zero-order valence-electron chi connectivity index (χ0n) is 9.34. The van der Waals surface area contributed by atoms with E-state index in [1.807, 2.05) is 0 Å². The second-order valence-corrected chi connectivity index (χ2v) is 4.57. The number of allylic oxidation sites excluding steroid dienone is 1. The van der Waals surface area contributed by atoms with Crippen molar-refractivity contribution in [3.05, 3.63) is 12.2 Å². The Morgan fingerprint density at radius 2 is 2.23 bits per heavy atom. The molecule has 1 atom stereocenters. The molecule has 1 unspecified atom stereocenters. The van der Waals surface area contributed by atoms with E-state index in [1.165, 1.54) is 32.4 Å². The van der Waals surface area contributed by atoms with Gasteiger partial charge in [0.1, 0.15) is 0 Å². The van der Waals surface area contributed by atoms with Crippen LogP contribution in [0.5, 0.6) is 0 Å². The first kappa shape index (κ1) is 10.8. The molecule has 0 aromatic heterocycles. The zero-order chi connectivity index (χ0) is 9.73. The van der Waals surface area contributed by atoms with Gasteiger partial charge in [-0.05, 0) is 38.1 Å². The van der Waals surface area contributed by atoms with Crippen LogP contribution in [0.3, 0.4) is 0 Å². The highest BCUT2D eigenvalue weighted by Gasteiger charge is 2.28. The van der Waals surface area contributed by atoms with E-state index in [0.29, 0.717) is 5.41 Å². The van der Waals surface area contributed by atoms with Crippen molar-refractivity contribution in [2.45, 2.75) is 40.0 Å². The second-order valence-electron chi connectivity index (χ2n) is 4.57. The van der Waals surface area contributed by atoms with Crippen molar-refractivity contribution in [3.8, 4) is 0 Å². The molecule has 1 heterocycles. The molecule has 1 aliphatic heterocycles. The van der Waals surface area contributed by atoms with Crippen molar-refractivity contribution < 1.29 is 0 Å². The Labute approximate surface area is 82.8 Å². The summed E-state index contributed by atoms with van der Waals surface area (Å²) in [5, 5.41) is 0. The van der Waals surface area contributed by atoms with Crippen molar-refractivity contribution in [1.82, 2.24) is 4.90 Å². The number of rotatable bonds is 3. The number of nitrogens with zero attached hydrogens (tertiary/aromatic N) is 1. The van der Waals surface area contributed by atoms with Gasteiger partial charge in [-0.1, -0.05) is 26.0 Å².